The number of rotatable bonds is 5. The topological polar surface area (TPSA) is 60.5 Å². The smallest absolute Gasteiger partial charge is 0.131 e. The number of nitrogens with zero attached hydrogens (tertiary/aromatic N) is 1. The van der Waals surface area contributed by atoms with Crippen LogP contribution in [0.2, 0.25) is 0 Å². The van der Waals surface area contributed by atoms with Crippen molar-refractivity contribution in [2.24, 2.45) is 4.99 Å². The number of allylic oxidation sites excluding steroid dienone is 2. The van der Waals surface area contributed by atoms with Gasteiger partial charge in [0.1, 0.15) is 18.2 Å². The number of amidine groups is 1. The van der Waals surface area contributed by atoms with Crippen molar-refractivity contribution in [1.29, 1.82) is 0 Å². The lowest BCUT2D eigenvalue weighted by molar-refractivity contribution is 0.369. The van der Waals surface area contributed by atoms with E-state index >= 15 is 0 Å². The molecule has 44 heavy (non-hydrogen) atoms. The van der Waals surface area contributed by atoms with Crippen LogP contribution in [0.5, 0.6) is 0 Å². The van der Waals surface area contributed by atoms with E-state index in [1.54, 1.807) is 0 Å². The van der Waals surface area contributed by atoms with Crippen molar-refractivity contribution >= 4 is 17.1 Å². The van der Waals surface area contributed by atoms with E-state index in [9.17, 15) is 0 Å². The highest BCUT2D eigenvalue weighted by Crippen LogP contribution is 2.42. The molecule has 0 fully saturated rings. The van der Waals surface area contributed by atoms with E-state index in [0.29, 0.717) is 0 Å². The first-order valence-corrected chi connectivity index (χ1v) is 15.2. The molecule has 0 saturated heterocycles. The van der Waals surface area contributed by atoms with E-state index in [0.717, 1.165) is 23.6 Å². The SMILES string of the molecule is C1=CNCC(c2cccc(C3NC(c4cccc(-c5ccccc5)c4)=NC(C4Nc5ccccc5-c5ccccc54)N3)c2)=C1. The summed E-state index contributed by atoms with van der Waals surface area (Å²) in [6.45, 7) is 0.815. The zero-order valence-corrected chi connectivity index (χ0v) is 24.2. The Morgan fingerprint density at radius 3 is 2.25 bits per heavy atom. The standard InChI is InChI=1S/C39H33N5/c1-2-11-26(12-3-1)27-13-8-15-29(23-27)37-42-38(30-16-9-14-28(24-30)31-17-10-22-40-25-31)44-39(43-37)36-34-20-5-4-18-32(34)33-19-6-7-21-35(33)41-36/h1-24,36,38-41,44H,25H2,(H,42,43). The molecule has 5 nitrogen and oxygen atoms in total. The van der Waals surface area contributed by atoms with Gasteiger partial charge in [0.15, 0.2) is 0 Å². The third-order valence-electron chi connectivity index (χ3n) is 8.66. The molecule has 0 aromatic heterocycles. The summed E-state index contributed by atoms with van der Waals surface area (Å²) in [5, 5.41) is 14.8. The fraction of sp³-hybridized carbons (Fsp3) is 0.103. The molecule has 5 heteroatoms. The number of nitrogens with one attached hydrogen (secondary N) is 4. The second-order valence-corrected chi connectivity index (χ2v) is 11.4. The lowest BCUT2D eigenvalue weighted by Crippen LogP contribution is -2.52. The fourth-order valence-electron chi connectivity index (χ4n) is 6.48. The molecule has 5 aromatic rings. The minimum absolute atomic E-state index is 0.0587. The minimum Gasteiger partial charge on any atom is -0.387 e. The molecule has 8 rings (SSSR count). The van der Waals surface area contributed by atoms with Gasteiger partial charge in [-0.25, -0.2) is 4.99 Å². The van der Waals surface area contributed by atoms with Crippen molar-refractivity contribution in [2.75, 3.05) is 11.9 Å². The summed E-state index contributed by atoms with van der Waals surface area (Å²) >= 11 is 0. The molecule has 0 radical (unpaired) electrons. The molecule has 0 saturated carbocycles. The quantitative estimate of drug-likeness (QED) is 0.175. The first kappa shape index (κ1) is 26.3. The van der Waals surface area contributed by atoms with Gasteiger partial charge in [-0.15, -0.1) is 0 Å². The third-order valence-corrected chi connectivity index (χ3v) is 8.66. The zero-order chi connectivity index (χ0) is 29.3. The van der Waals surface area contributed by atoms with Gasteiger partial charge in [0.25, 0.3) is 0 Å². The van der Waals surface area contributed by atoms with Gasteiger partial charge < -0.3 is 16.0 Å². The van der Waals surface area contributed by atoms with Crippen molar-refractivity contribution in [2.45, 2.75) is 18.4 Å². The van der Waals surface area contributed by atoms with Crippen molar-refractivity contribution in [3.8, 4) is 22.3 Å². The van der Waals surface area contributed by atoms with E-state index in [1.807, 2.05) is 6.20 Å². The third kappa shape index (κ3) is 4.97. The van der Waals surface area contributed by atoms with E-state index in [4.69, 9.17) is 4.99 Å². The number of dihydropyridines is 1. The molecule has 214 valence electrons. The van der Waals surface area contributed by atoms with E-state index in [2.05, 4.69) is 161 Å². The van der Waals surface area contributed by atoms with Crippen LogP contribution in [0.25, 0.3) is 27.8 Å². The molecule has 3 heterocycles. The van der Waals surface area contributed by atoms with Crippen LogP contribution in [0.3, 0.4) is 0 Å². The van der Waals surface area contributed by atoms with Crippen LogP contribution in [0.1, 0.15) is 34.5 Å². The predicted molar refractivity (Wildman–Crippen MR) is 181 cm³/mol. The van der Waals surface area contributed by atoms with Crippen molar-refractivity contribution in [3.63, 3.8) is 0 Å². The van der Waals surface area contributed by atoms with Crippen LogP contribution in [0.4, 0.5) is 5.69 Å². The fourth-order valence-corrected chi connectivity index (χ4v) is 6.48. The lowest BCUT2D eigenvalue weighted by Gasteiger charge is -2.39. The number of anilines is 1. The molecule has 3 atom stereocenters. The van der Waals surface area contributed by atoms with Gasteiger partial charge in [0.05, 0.1) is 6.04 Å². The van der Waals surface area contributed by atoms with Crippen LogP contribution in [-0.2, 0) is 0 Å². The van der Waals surface area contributed by atoms with Crippen LogP contribution in [-0.4, -0.2) is 18.5 Å². The molecule has 3 aliphatic heterocycles. The largest absolute Gasteiger partial charge is 0.387 e. The van der Waals surface area contributed by atoms with Crippen molar-refractivity contribution in [3.05, 3.63) is 168 Å². The highest BCUT2D eigenvalue weighted by molar-refractivity contribution is 6.00. The average molecular weight is 572 g/mol. The van der Waals surface area contributed by atoms with Gasteiger partial charge >= 0.3 is 0 Å². The molecule has 0 spiro atoms. The van der Waals surface area contributed by atoms with E-state index in [-0.39, 0.29) is 18.4 Å². The normalized spacial score (nSPS) is 20.1. The molecule has 0 aliphatic carbocycles. The summed E-state index contributed by atoms with van der Waals surface area (Å²) in [4.78, 5) is 5.37. The molecular formula is C39H33N5. The maximum absolute atomic E-state index is 5.37. The van der Waals surface area contributed by atoms with Crippen molar-refractivity contribution in [1.82, 2.24) is 16.0 Å². The highest BCUT2D eigenvalue weighted by Gasteiger charge is 2.35. The van der Waals surface area contributed by atoms with Crippen LogP contribution in [0, 0.1) is 0 Å². The summed E-state index contributed by atoms with van der Waals surface area (Å²) < 4.78 is 0. The van der Waals surface area contributed by atoms with Crippen molar-refractivity contribution < 1.29 is 0 Å². The molecular weight excluding hydrogens is 538 g/mol. The lowest BCUT2D eigenvalue weighted by atomic mass is 9.88. The number of hydrogen-bond donors (Lipinski definition) is 4. The molecule has 4 N–H and O–H groups in total. The summed E-state index contributed by atoms with van der Waals surface area (Å²) in [7, 11) is 0. The number of fused-ring (bicyclic) bond motifs is 3. The Hall–Kier alpha value is -5.39. The predicted octanol–water partition coefficient (Wildman–Crippen LogP) is 7.65. The minimum atomic E-state index is -0.228. The van der Waals surface area contributed by atoms with E-state index < -0.39 is 0 Å². The molecule has 5 aromatic carbocycles. The monoisotopic (exact) mass is 571 g/mol. The van der Waals surface area contributed by atoms with Gasteiger partial charge in [0, 0.05) is 23.4 Å². The highest BCUT2D eigenvalue weighted by atomic mass is 15.3. The van der Waals surface area contributed by atoms with E-state index in [1.165, 1.54) is 44.5 Å². The second-order valence-electron chi connectivity index (χ2n) is 11.4. The Kier molecular flexibility index (Phi) is 6.78. The average Bonchev–Trinajstić information content (AvgIpc) is 3.12. The van der Waals surface area contributed by atoms with Crippen LogP contribution >= 0.6 is 0 Å². The Bertz CT molecular complexity index is 1920. The van der Waals surface area contributed by atoms with Gasteiger partial charge in [-0.1, -0.05) is 115 Å². The van der Waals surface area contributed by atoms with Gasteiger partial charge in [0.2, 0.25) is 0 Å². The molecule has 0 bridgehead atoms. The van der Waals surface area contributed by atoms with Crippen LogP contribution in [0.15, 0.2) is 151 Å². The Morgan fingerprint density at radius 2 is 1.36 bits per heavy atom. The molecule has 0 amide bonds. The summed E-state index contributed by atoms with van der Waals surface area (Å²) in [6, 6.07) is 45.2. The molecule has 3 aliphatic rings. The second kappa shape index (κ2) is 11.4. The summed E-state index contributed by atoms with van der Waals surface area (Å²) in [5.41, 5.74) is 11.9. The number of hydrogen-bond acceptors (Lipinski definition) is 5. The molecule has 3 unspecified atom stereocenters. The summed E-state index contributed by atoms with van der Waals surface area (Å²) in [6.07, 6.45) is 5.86. The maximum Gasteiger partial charge on any atom is 0.131 e. The Balaban J connectivity index is 1.22. The first-order chi connectivity index (χ1) is 21.8. The summed E-state index contributed by atoms with van der Waals surface area (Å²) in [5.74, 6) is 0.876. The van der Waals surface area contributed by atoms with Gasteiger partial charge in [-0.2, -0.15) is 0 Å². The Labute approximate surface area is 258 Å². The first-order valence-electron chi connectivity index (χ1n) is 15.2. The number of aliphatic imine (C=N–C) groups is 1. The van der Waals surface area contributed by atoms with Gasteiger partial charge in [-0.3, -0.25) is 5.32 Å². The van der Waals surface area contributed by atoms with Gasteiger partial charge in [-0.05, 0) is 69.4 Å². The Morgan fingerprint density at radius 1 is 0.614 bits per heavy atom. The zero-order valence-electron chi connectivity index (χ0n) is 24.2. The number of para-hydroxylation sites is 1. The number of benzene rings is 5. The maximum atomic E-state index is 5.37. The van der Waals surface area contributed by atoms with Crippen LogP contribution < -0.4 is 21.3 Å².